The molecule has 2 aromatic rings. The Morgan fingerprint density at radius 1 is 1.44 bits per heavy atom. The van der Waals surface area contributed by atoms with E-state index in [9.17, 15) is 4.79 Å². The number of ether oxygens (including phenoxy) is 1. The maximum absolute atomic E-state index is 11.3. The minimum Gasteiger partial charge on any atom is -0.465 e. The van der Waals surface area contributed by atoms with Gasteiger partial charge in [-0.15, -0.1) is 0 Å². The van der Waals surface area contributed by atoms with Crippen molar-refractivity contribution in [2.75, 3.05) is 26.1 Å². The fraction of sp³-hybridized carbons (Fsp3) is 0.273. The number of aromatic nitrogens is 1. The van der Waals surface area contributed by atoms with Crippen molar-refractivity contribution in [3.05, 3.63) is 23.8 Å². The summed E-state index contributed by atoms with van der Waals surface area (Å²) in [6.07, 6.45) is 0. The van der Waals surface area contributed by atoms with Crippen LogP contribution in [0, 0.1) is 0 Å². The molecule has 5 nitrogen and oxygen atoms in total. The van der Waals surface area contributed by atoms with Gasteiger partial charge in [-0.25, -0.2) is 4.79 Å². The second-order valence-corrected chi connectivity index (χ2v) is 3.56. The van der Waals surface area contributed by atoms with Crippen molar-refractivity contribution in [1.82, 2.24) is 4.98 Å². The van der Waals surface area contributed by atoms with Crippen molar-refractivity contribution in [2.24, 2.45) is 0 Å². The van der Waals surface area contributed by atoms with E-state index in [1.807, 2.05) is 14.1 Å². The Balaban J connectivity index is 2.49. The summed E-state index contributed by atoms with van der Waals surface area (Å²) in [6, 6.07) is 5.53. The molecular formula is C11H12N2O3. The zero-order valence-electron chi connectivity index (χ0n) is 9.35. The molecule has 84 valence electrons. The topological polar surface area (TPSA) is 55.6 Å². The lowest BCUT2D eigenvalue weighted by Gasteiger charge is -2.03. The number of anilines is 1. The largest absolute Gasteiger partial charge is 0.465 e. The Bertz CT molecular complexity index is 531. The summed E-state index contributed by atoms with van der Waals surface area (Å²) < 4.78 is 10.1. The van der Waals surface area contributed by atoms with Crippen LogP contribution in [0.15, 0.2) is 22.6 Å². The van der Waals surface area contributed by atoms with Crippen molar-refractivity contribution in [1.29, 1.82) is 0 Å². The summed E-state index contributed by atoms with van der Waals surface area (Å²) in [5.41, 5.74) is 1.75. The van der Waals surface area contributed by atoms with Crippen LogP contribution in [-0.4, -0.2) is 32.2 Å². The number of esters is 1. The summed E-state index contributed by atoms with van der Waals surface area (Å²) in [7, 11) is 5.02. The van der Waals surface area contributed by atoms with E-state index in [0.29, 0.717) is 17.2 Å². The van der Waals surface area contributed by atoms with Crippen LogP contribution < -0.4 is 4.90 Å². The van der Waals surface area contributed by atoms with Gasteiger partial charge in [0.1, 0.15) is 5.52 Å². The molecule has 0 amide bonds. The van der Waals surface area contributed by atoms with E-state index in [-0.39, 0.29) is 5.97 Å². The Hall–Kier alpha value is -2.04. The molecule has 1 aromatic heterocycles. The standard InChI is InChI=1S/C11H12N2O3/c1-13(2)11-12-8-5-4-7(10(14)15-3)6-9(8)16-11/h4-6H,1-3H3. The fourth-order valence-electron chi connectivity index (χ4n) is 1.35. The number of benzene rings is 1. The highest BCUT2D eigenvalue weighted by atomic mass is 16.5. The molecule has 0 aliphatic rings. The van der Waals surface area contributed by atoms with Gasteiger partial charge >= 0.3 is 5.97 Å². The average Bonchev–Trinajstić information content (AvgIpc) is 2.70. The number of fused-ring (bicyclic) bond motifs is 1. The van der Waals surface area contributed by atoms with Gasteiger partial charge in [0, 0.05) is 14.1 Å². The molecule has 0 bridgehead atoms. The van der Waals surface area contributed by atoms with E-state index in [4.69, 9.17) is 4.42 Å². The van der Waals surface area contributed by atoms with Crippen LogP contribution in [0.4, 0.5) is 6.01 Å². The van der Waals surface area contributed by atoms with E-state index in [2.05, 4.69) is 9.72 Å². The number of carbonyl (C=O) groups excluding carboxylic acids is 1. The molecule has 0 saturated carbocycles. The van der Waals surface area contributed by atoms with E-state index in [0.717, 1.165) is 5.52 Å². The highest BCUT2D eigenvalue weighted by Gasteiger charge is 2.11. The van der Waals surface area contributed by atoms with Gasteiger partial charge in [-0.1, -0.05) is 0 Å². The SMILES string of the molecule is COC(=O)c1ccc2nc(N(C)C)oc2c1. The molecule has 0 atom stereocenters. The lowest BCUT2D eigenvalue weighted by Crippen LogP contribution is -2.08. The van der Waals surface area contributed by atoms with Crippen molar-refractivity contribution in [2.45, 2.75) is 0 Å². The summed E-state index contributed by atoms with van der Waals surface area (Å²) in [6.45, 7) is 0. The summed E-state index contributed by atoms with van der Waals surface area (Å²) in [4.78, 5) is 17.3. The zero-order chi connectivity index (χ0) is 11.7. The second kappa shape index (κ2) is 3.84. The smallest absolute Gasteiger partial charge is 0.337 e. The maximum Gasteiger partial charge on any atom is 0.337 e. The van der Waals surface area contributed by atoms with Crippen molar-refractivity contribution in [3.63, 3.8) is 0 Å². The summed E-state index contributed by atoms with van der Waals surface area (Å²) >= 11 is 0. The van der Waals surface area contributed by atoms with Gasteiger partial charge in [-0.2, -0.15) is 4.98 Å². The second-order valence-electron chi connectivity index (χ2n) is 3.56. The lowest BCUT2D eigenvalue weighted by molar-refractivity contribution is 0.0601. The molecule has 0 fully saturated rings. The lowest BCUT2D eigenvalue weighted by atomic mass is 10.2. The minimum atomic E-state index is -0.385. The van der Waals surface area contributed by atoms with Crippen LogP contribution in [-0.2, 0) is 4.74 Å². The quantitative estimate of drug-likeness (QED) is 0.721. The van der Waals surface area contributed by atoms with Gasteiger partial charge in [0.15, 0.2) is 5.58 Å². The van der Waals surface area contributed by atoms with Crippen molar-refractivity contribution < 1.29 is 13.9 Å². The van der Waals surface area contributed by atoms with Crippen LogP contribution >= 0.6 is 0 Å². The molecule has 16 heavy (non-hydrogen) atoms. The van der Waals surface area contributed by atoms with Crippen LogP contribution in [0.5, 0.6) is 0 Å². The number of nitrogens with zero attached hydrogens (tertiary/aromatic N) is 2. The van der Waals surface area contributed by atoms with E-state index < -0.39 is 0 Å². The molecule has 1 heterocycles. The number of oxazole rings is 1. The first-order chi connectivity index (χ1) is 7.61. The van der Waals surface area contributed by atoms with E-state index in [1.54, 1.807) is 23.1 Å². The molecule has 0 spiro atoms. The van der Waals surface area contributed by atoms with Gasteiger partial charge in [0.05, 0.1) is 12.7 Å². The molecule has 0 N–H and O–H groups in total. The normalized spacial score (nSPS) is 10.4. The van der Waals surface area contributed by atoms with Crippen molar-refractivity contribution >= 4 is 23.1 Å². The Kier molecular flexibility index (Phi) is 2.52. The molecule has 1 aromatic carbocycles. The number of hydrogen-bond acceptors (Lipinski definition) is 5. The molecule has 0 unspecified atom stereocenters. The number of carbonyl (C=O) groups is 1. The molecule has 2 rings (SSSR count). The molecule has 0 radical (unpaired) electrons. The third kappa shape index (κ3) is 1.71. The van der Waals surface area contributed by atoms with Crippen LogP contribution in [0.2, 0.25) is 0 Å². The van der Waals surface area contributed by atoms with Gasteiger partial charge in [-0.3, -0.25) is 0 Å². The van der Waals surface area contributed by atoms with Gasteiger partial charge in [0.2, 0.25) is 0 Å². The fourth-order valence-corrected chi connectivity index (χ4v) is 1.35. The highest BCUT2D eigenvalue weighted by Crippen LogP contribution is 2.21. The first kappa shape index (κ1) is 10.5. The highest BCUT2D eigenvalue weighted by molar-refractivity contribution is 5.93. The van der Waals surface area contributed by atoms with E-state index >= 15 is 0 Å². The van der Waals surface area contributed by atoms with Crippen LogP contribution in [0.3, 0.4) is 0 Å². The molecule has 5 heteroatoms. The predicted octanol–water partition coefficient (Wildman–Crippen LogP) is 1.68. The van der Waals surface area contributed by atoms with Crippen molar-refractivity contribution in [3.8, 4) is 0 Å². The van der Waals surface area contributed by atoms with Gasteiger partial charge in [0.25, 0.3) is 6.01 Å². The molecule has 0 saturated heterocycles. The molecular weight excluding hydrogens is 208 g/mol. The predicted molar refractivity (Wildman–Crippen MR) is 59.7 cm³/mol. The summed E-state index contributed by atoms with van der Waals surface area (Å²) in [5, 5.41) is 0. The third-order valence-corrected chi connectivity index (χ3v) is 2.18. The number of hydrogen-bond donors (Lipinski definition) is 0. The Morgan fingerprint density at radius 3 is 2.81 bits per heavy atom. The van der Waals surface area contributed by atoms with Gasteiger partial charge in [-0.05, 0) is 18.2 Å². The summed E-state index contributed by atoms with van der Waals surface area (Å²) in [5.74, 6) is -0.385. The molecule has 0 aliphatic heterocycles. The minimum absolute atomic E-state index is 0.385. The van der Waals surface area contributed by atoms with Crippen LogP contribution in [0.25, 0.3) is 11.1 Å². The first-order valence-electron chi connectivity index (χ1n) is 4.78. The Labute approximate surface area is 92.6 Å². The first-order valence-corrected chi connectivity index (χ1v) is 4.78. The van der Waals surface area contributed by atoms with Crippen LogP contribution in [0.1, 0.15) is 10.4 Å². The number of rotatable bonds is 2. The zero-order valence-corrected chi connectivity index (χ0v) is 9.35. The molecule has 0 aliphatic carbocycles. The Morgan fingerprint density at radius 2 is 2.19 bits per heavy atom. The monoisotopic (exact) mass is 220 g/mol. The van der Waals surface area contributed by atoms with E-state index in [1.165, 1.54) is 7.11 Å². The maximum atomic E-state index is 11.3. The van der Waals surface area contributed by atoms with Gasteiger partial charge < -0.3 is 14.1 Å². The average molecular weight is 220 g/mol. The number of methoxy groups -OCH3 is 1. The third-order valence-electron chi connectivity index (χ3n) is 2.18.